The van der Waals surface area contributed by atoms with Gasteiger partial charge in [-0.1, -0.05) is 35.6 Å². The van der Waals surface area contributed by atoms with Crippen LogP contribution in [0.15, 0.2) is 58.3 Å². The number of rotatable bonds is 5. The summed E-state index contributed by atoms with van der Waals surface area (Å²) >= 11 is 2.90. The van der Waals surface area contributed by atoms with Crippen LogP contribution in [0.2, 0.25) is 0 Å². The third-order valence-electron chi connectivity index (χ3n) is 3.27. The molecule has 3 rings (SSSR count). The highest BCUT2D eigenvalue weighted by Gasteiger charge is 2.20. The zero-order valence-electron chi connectivity index (χ0n) is 12.7. The van der Waals surface area contributed by atoms with Gasteiger partial charge >= 0.3 is 0 Å². The molecular weight excluding hydrogens is 364 g/mol. The minimum absolute atomic E-state index is 0.133. The monoisotopic (exact) mass is 378 g/mol. The van der Waals surface area contributed by atoms with E-state index in [1.807, 2.05) is 24.5 Å². The molecule has 0 saturated heterocycles. The number of thiazole rings is 1. The van der Waals surface area contributed by atoms with Crippen molar-refractivity contribution in [1.82, 2.24) is 4.98 Å². The number of sulfone groups is 1. The van der Waals surface area contributed by atoms with E-state index in [1.54, 1.807) is 30.0 Å². The number of nitrogens with one attached hydrogen (secondary N) is 1. The van der Waals surface area contributed by atoms with Gasteiger partial charge in [0.25, 0.3) is 0 Å². The average Bonchev–Trinajstić information content (AvgIpc) is 2.97. The molecule has 0 bridgehead atoms. The van der Waals surface area contributed by atoms with Crippen molar-refractivity contribution in [1.29, 1.82) is 0 Å². The highest BCUT2D eigenvalue weighted by Crippen LogP contribution is 2.32. The molecule has 8 heteroatoms. The largest absolute Gasteiger partial charge is 0.301 e. The summed E-state index contributed by atoms with van der Waals surface area (Å²) in [5.41, 5.74) is 0.816. The molecule has 24 heavy (non-hydrogen) atoms. The number of amides is 1. The minimum atomic E-state index is -3.66. The van der Waals surface area contributed by atoms with Gasteiger partial charge in [0, 0.05) is 4.90 Å². The van der Waals surface area contributed by atoms with Crippen LogP contribution in [0.25, 0.3) is 10.2 Å². The summed E-state index contributed by atoms with van der Waals surface area (Å²) in [6.45, 7) is 0. The molecule has 1 heterocycles. The molecule has 5 nitrogen and oxygen atoms in total. The van der Waals surface area contributed by atoms with Gasteiger partial charge in [-0.2, -0.15) is 0 Å². The summed E-state index contributed by atoms with van der Waals surface area (Å²) in [6, 6.07) is 13.7. The number of benzene rings is 2. The fourth-order valence-electron chi connectivity index (χ4n) is 2.18. The van der Waals surface area contributed by atoms with E-state index in [0.717, 1.165) is 15.1 Å². The molecule has 0 fully saturated rings. The Labute approximate surface area is 148 Å². The Morgan fingerprint density at radius 3 is 2.62 bits per heavy atom. The average molecular weight is 379 g/mol. The fourth-order valence-corrected chi connectivity index (χ4v) is 4.87. The summed E-state index contributed by atoms with van der Waals surface area (Å²) < 4.78 is 25.4. The first-order valence-corrected chi connectivity index (χ1v) is 10.7. The van der Waals surface area contributed by atoms with Gasteiger partial charge in [0.15, 0.2) is 15.0 Å². The number of para-hydroxylation sites is 1. The lowest BCUT2D eigenvalue weighted by atomic mass is 10.3. The second kappa shape index (κ2) is 6.92. The molecule has 3 aromatic rings. The first-order valence-electron chi connectivity index (χ1n) is 7.01. The lowest BCUT2D eigenvalue weighted by Crippen LogP contribution is -2.22. The first kappa shape index (κ1) is 16.9. The maximum Gasteiger partial charge on any atom is 0.241 e. The van der Waals surface area contributed by atoms with E-state index in [9.17, 15) is 13.2 Å². The summed E-state index contributed by atoms with van der Waals surface area (Å²) in [4.78, 5) is 17.6. The van der Waals surface area contributed by atoms with Gasteiger partial charge in [0.2, 0.25) is 5.91 Å². The molecule has 0 atom stereocenters. The number of aromatic nitrogens is 1. The number of nitrogens with zero attached hydrogens (tertiary/aromatic N) is 1. The van der Waals surface area contributed by atoms with E-state index in [4.69, 9.17) is 0 Å². The zero-order chi connectivity index (χ0) is 17.2. The lowest BCUT2D eigenvalue weighted by molar-refractivity contribution is -0.113. The molecule has 0 radical (unpaired) electrons. The van der Waals surface area contributed by atoms with Crippen molar-refractivity contribution in [2.75, 3.05) is 17.3 Å². The number of thioether (sulfide) groups is 1. The summed E-state index contributed by atoms with van der Waals surface area (Å²) in [5, 5.41) is 2.99. The van der Waals surface area contributed by atoms with E-state index in [-0.39, 0.29) is 4.90 Å². The standard InChI is InChI=1S/C16H14N2O3S3/c1-22-12-8-5-9-13-15(12)18-16(23-13)17-14(19)10-24(20,21)11-6-3-2-4-7-11/h2-9H,10H2,1H3,(H,17,18,19). The number of carbonyl (C=O) groups excluding carboxylic acids is 1. The van der Waals surface area contributed by atoms with Crippen LogP contribution in [0.1, 0.15) is 0 Å². The molecule has 1 amide bonds. The Morgan fingerprint density at radius 1 is 1.17 bits per heavy atom. The Kier molecular flexibility index (Phi) is 4.88. The SMILES string of the molecule is CSc1cccc2sc(NC(=O)CS(=O)(=O)c3ccccc3)nc12. The van der Waals surface area contributed by atoms with Crippen molar-refractivity contribution in [2.24, 2.45) is 0 Å². The minimum Gasteiger partial charge on any atom is -0.301 e. The molecule has 1 aromatic heterocycles. The molecular formula is C16H14N2O3S3. The predicted molar refractivity (Wildman–Crippen MR) is 98.5 cm³/mol. The zero-order valence-corrected chi connectivity index (χ0v) is 15.2. The van der Waals surface area contributed by atoms with Gasteiger partial charge in [-0.25, -0.2) is 13.4 Å². The molecule has 0 unspecified atom stereocenters. The first-order chi connectivity index (χ1) is 11.5. The van der Waals surface area contributed by atoms with E-state index in [1.165, 1.54) is 23.5 Å². The molecule has 0 aliphatic rings. The van der Waals surface area contributed by atoms with Gasteiger partial charge in [-0.3, -0.25) is 4.79 Å². The van der Waals surface area contributed by atoms with Crippen LogP contribution in [0.3, 0.4) is 0 Å². The fraction of sp³-hybridized carbons (Fsp3) is 0.125. The Bertz CT molecular complexity index is 982. The van der Waals surface area contributed by atoms with Crippen molar-refractivity contribution in [2.45, 2.75) is 9.79 Å². The van der Waals surface area contributed by atoms with Gasteiger partial charge in [0.1, 0.15) is 5.75 Å². The second-order valence-electron chi connectivity index (χ2n) is 4.95. The maximum atomic E-state index is 12.2. The number of hydrogen-bond donors (Lipinski definition) is 1. The van der Waals surface area contributed by atoms with Gasteiger partial charge in [0.05, 0.1) is 15.1 Å². The molecule has 124 valence electrons. The molecule has 0 saturated carbocycles. The molecule has 1 N–H and O–H groups in total. The number of carbonyl (C=O) groups is 1. The van der Waals surface area contributed by atoms with Crippen LogP contribution in [-0.4, -0.2) is 31.3 Å². The van der Waals surface area contributed by atoms with Crippen molar-refractivity contribution >= 4 is 54.2 Å². The summed E-state index contributed by atoms with van der Waals surface area (Å²) in [5.74, 6) is -1.20. The van der Waals surface area contributed by atoms with Crippen LogP contribution < -0.4 is 5.32 Å². The van der Waals surface area contributed by atoms with Crippen LogP contribution in [0.5, 0.6) is 0 Å². The second-order valence-corrected chi connectivity index (χ2v) is 8.81. The van der Waals surface area contributed by atoms with Crippen LogP contribution >= 0.6 is 23.1 Å². The Morgan fingerprint density at radius 2 is 1.92 bits per heavy atom. The van der Waals surface area contributed by atoms with E-state index < -0.39 is 21.5 Å². The van der Waals surface area contributed by atoms with E-state index in [0.29, 0.717) is 5.13 Å². The third-order valence-corrected chi connectivity index (χ3v) is 6.61. The quantitative estimate of drug-likeness (QED) is 0.689. The number of hydrogen-bond acceptors (Lipinski definition) is 6. The highest BCUT2D eigenvalue weighted by atomic mass is 32.2. The molecule has 0 aliphatic heterocycles. The van der Waals surface area contributed by atoms with Crippen molar-refractivity contribution in [3.8, 4) is 0 Å². The lowest BCUT2D eigenvalue weighted by Gasteiger charge is -2.04. The smallest absolute Gasteiger partial charge is 0.241 e. The topological polar surface area (TPSA) is 76.1 Å². The molecule has 0 aliphatic carbocycles. The maximum absolute atomic E-state index is 12.2. The Hall–Kier alpha value is -1.90. The van der Waals surface area contributed by atoms with Crippen LogP contribution in [0.4, 0.5) is 5.13 Å². The van der Waals surface area contributed by atoms with Crippen molar-refractivity contribution in [3.05, 3.63) is 48.5 Å². The summed E-state index contributed by atoms with van der Waals surface area (Å²) in [7, 11) is -3.66. The highest BCUT2D eigenvalue weighted by molar-refractivity contribution is 7.98. The van der Waals surface area contributed by atoms with E-state index in [2.05, 4.69) is 10.3 Å². The summed E-state index contributed by atoms with van der Waals surface area (Å²) in [6.07, 6.45) is 1.96. The molecule has 0 spiro atoms. The normalized spacial score (nSPS) is 11.5. The third kappa shape index (κ3) is 3.61. The van der Waals surface area contributed by atoms with Crippen LogP contribution in [0, 0.1) is 0 Å². The predicted octanol–water partition coefficient (Wildman–Crippen LogP) is 3.43. The van der Waals surface area contributed by atoms with Gasteiger partial charge < -0.3 is 5.32 Å². The van der Waals surface area contributed by atoms with Crippen molar-refractivity contribution < 1.29 is 13.2 Å². The van der Waals surface area contributed by atoms with Crippen LogP contribution in [-0.2, 0) is 14.6 Å². The number of anilines is 1. The van der Waals surface area contributed by atoms with Gasteiger partial charge in [-0.05, 0) is 30.5 Å². The van der Waals surface area contributed by atoms with E-state index >= 15 is 0 Å². The van der Waals surface area contributed by atoms with Gasteiger partial charge in [-0.15, -0.1) is 11.8 Å². The number of fused-ring (bicyclic) bond motifs is 1. The van der Waals surface area contributed by atoms with Crippen molar-refractivity contribution in [3.63, 3.8) is 0 Å². The molecule has 2 aromatic carbocycles. The Balaban J connectivity index is 1.78.